The van der Waals surface area contributed by atoms with Crippen molar-refractivity contribution in [2.24, 2.45) is 10.8 Å². The van der Waals surface area contributed by atoms with Crippen LogP contribution in [-0.2, 0) is 74.2 Å². The molecule has 0 radical (unpaired) electrons. The molecule has 4 aromatic heterocycles. The maximum Gasteiger partial charge on any atom is 0.162 e. The number of imidazole rings is 2. The van der Waals surface area contributed by atoms with Gasteiger partial charge in [0.15, 0.2) is 17.4 Å². The van der Waals surface area contributed by atoms with E-state index in [2.05, 4.69) is 64.1 Å². The maximum atomic E-state index is 9.79. The number of nitrogens with zero attached hydrogens (tertiary/aromatic N) is 7. The summed E-state index contributed by atoms with van der Waals surface area (Å²) in [6.07, 6.45) is 14.8. The van der Waals surface area contributed by atoms with E-state index in [1.54, 1.807) is 14.2 Å². The molecule has 0 spiro atoms. The Bertz CT molecular complexity index is 2660. The molecule has 71 heavy (non-hydrogen) atoms. The van der Waals surface area contributed by atoms with Gasteiger partial charge in [-0.2, -0.15) is 0 Å². The number of aliphatic hydroxyl groups is 2. The van der Waals surface area contributed by atoms with Crippen LogP contribution >= 0.6 is 0 Å². The SMILES string of the molecule is CCCCc1nc2c(N(Cc3ccc(OC)cc3)Cc3ccc(OC)cc3)nc3c(c2n1CC1(C)COC(C)(C)OC1)CCCC3.CCCCc1nc2c(N)nc3c(c2n1CC(C)(CO)CO)CCCC3. The van der Waals surface area contributed by atoms with Crippen molar-refractivity contribution < 1.29 is 29.2 Å². The zero-order valence-corrected chi connectivity index (χ0v) is 43.9. The number of aryl methyl sites for hydroxylation is 6. The number of fused-ring (bicyclic) bond motifs is 6. The number of unbranched alkanes of at least 4 members (excludes halogenated alkanes) is 2. The van der Waals surface area contributed by atoms with Gasteiger partial charge in [-0.05, 0) is 125 Å². The summed E-state index contributed by atoms with van der Waals surface area (Å²) in [5, 5.41) is 19.6. The zero-order valence-electron chi connectivity index (χ0n) is 43.9. The Kier molecular flexibility index (Phi) is 16.6. The maximum absolute atomic E-state index is 9.79. The Morgan fingerprint density at radius 3 is 1.66 bits per heavy atom. The summed E-state index contributed by atoms with van der Waals surface area (Å²) in [5.41, 5.74) is 16.9. The second kappa shape index (κ2) is 22.6. The van der Waals surface area contributed by atoms with Crippen LogP contribution in [0.1, 0.15) is 138 Å². The first-order chi connectivity index (χ1) is 34.2. The average molecular weight is 973 g/mol. The van der Waals surface area contributed by atoms with Gasteiger partial charge in [-0.1, -0.05) is 64.8 Å². The molecule has 2 aliphatic carbocycles. The van der Waals surface area contributed by atoms with Crippen molar-refractivity contribution in [1.29, 1.82) is 0 Å². The third-order valence-electron chi connectivity index (χ3n) is 14.7. The summed E-state index contributed by atoms with van der Waals surface area (Å²) in [6, 6.07) is 16.7. The molecule has 0 unspecified atom stereocenters. The molecular weight excluding hydrogens is 893 g/mol. The van der Waals surface area contributed by atoms with Gasteiger partial charge in [0.25, 0.3) is 0 Å². The highest BCUT2D eigenvalue weighted by Crippen LogP contribution is 2.40. The third kappa shape index (κ3) is 11.8. The van der Waals surface area contributed by atoms with Gasteiger partial charge in [0.2, 0.25) is 0 Å². The standard InChI is InChI=1S/C38H50N4O4.C19H30N4O2/c1-7-8-13-33-40-34-35(42(33)24-38(4)25-45-37(2,3)46-26-38)31-11-9-10-12-32(31)39-36(34)41(22-27-14-18-29(43-5)19-15-27)23-28-16-20-30(44-6)21-17-28;1-3-4-9-15-22-16-17(23(15)10-19(2,11-24)12-25)13-7-5-6-8-14(13)21-18(16)20/h14-21H,7-13,22-26H2,1-6H3;24-25H,3-12H2,1-2H3,(H2,20,21). The van der Waals surface area contributed by atoms with E-state index in [1.165, 1.54) is 39.9 Å². The van der Waals surface area contributed by atoms with Gasteiger partial charge in [0, 0.05) is 61.2 Å². The second-order valence-electron chi connectivity index (χ2n) is 21.5. The van der Waals surface area contributed by atoms with Gasteiger partial charge >= 0.3 is 0 Å². The summed E-state index contributed by atoms with van der Waals surface area (Å²) in [6.45, 7) is 16.5. The quantitative estimate of drug-likeness (QED) is 0.0704. The van der Waals surface area contributed by atoms with E-state index in [0.29, 0.717) is 38.7 Å². The number of rotatable bonds is 19. The topological polar surface area (TPSA) is 168 Å². The lowest BCUT2D eigenvalue weighted by molar-refractivity contribution is -0.284. The molecule has 14 heteroatoms. The lowest BCUT2D eigenvalue weighted by Crippen LogP contribution is -2.47. The minimum absolute atomic E-state index is 0.0703. The molecule has 14 nitrogen and oxygen atoms in total. The fourth-order valence-electron chi connectivity index (χ4n) is 10.4. The molecule has 1 saturated heterocycles. The second-order valence-corrected chi connectivity index (χ2v) is 21.5. The smallest absolute Gasteiger partial charge is 0.162 e. The van der Waals surface area contributed by atoms with Crippen molar-refractivity contribution in [3.8, 4) is 11.5 Å². The number of aromatic nitrogens is 6. The van der Waals surface area contributed by atoms with E-state index in [9.17, 15) is 10.2 Å². The molecule has 1 fully saturated rings. The minimum atomic E-state index is -0.589. The van der Waals surface area contributed by atoms with E-state index >= 15 is 0 Å². The van der Waals surface area contributed by atoms with Gasteiger partial charge < -0.3 is 48.9 Å². The number of benzene rings is 2. The highest BCUT2D eigenvalue weighted by molar-refractivity contribution is 5.91. The molecule has 5 heterocycles. The Balaban J connectivity index is 0.000000228. The van der Waals surface area contributed by atoms with Crippen LogP contribution in [-0.4, -0.2) is 85.7 Å². The largest absolute Gasteiger partial charge is 0.497 e. The van der Waals surface area contributed by atoms with Crippen LogP contribution in [0.2, 0.25) is 0 Å². The fraction of sp³-hybridized carbons (Fsp3) is 0.579. The first kappa shape index (κ1) is 52.1. The van der Waals surface area contributed by atoms with E-state index in [0.717, 1.165) is 141 Å². The molecule has 3 aliphatic rings. The van der Waals surface area contributed by atoms with Crippen LogP contribution in [0.5, 0.6) is 11.5 Å². The monoisotopic (exact) mass is 973 g/mol. The first-order valence-corrected chi connectivity index (χ1v) is 26.3. The number of nitrogens with two attached hydrogens (primary N) is 1. The lowest BCUT2D eigenvalue weighted by Gasteiger charge is -2.42. The Morgan fingerprint density at radius 2 is 1.15 bits per heavy atom. The molecule has 6 aromatic rings. The van der Waals surface area contributed by atoms with Gasteiger partial charge in [-0.25, -0.2) is 19.9 Å². The Labute approximate surface area is 421 Å². The van der Waals surface area contributed by atoms with Crippen LogP contribution in [0.15, 0.2) is 48.5 Å². The van der Waals surface area contributed by atoms with Gasteiger partial charge in [-0.15, -0.1) is 0 Å². The Hall–Kier alpha value is -5.28. The van der Waals surface area contributed by atoms with E-state index in [1.807, 2.05) is 45.0 Å². The molecule has 1 aliphatic heterocycles. The van der Waals surface area contributed by atoms with Crippen molar-refractivity contribution in [1.82, 2.24) is 29.1 Å². The number of aliphatic hydroxyl groups excluding tert-OH is 2. The molecule has 0 bridgehead atoms. The molecule has 0 amide bonds. The van der Waals surface area contributed by atoms with Crippen molar-refractivity contribution in [3.63, 3.8) is 0 Å². The first-order valence-electron chi connectivity index (χ1n) is 26.3. The van der Waals surface area contributed by atoms with Gasteiger partial charge in [-0.3, -0.25) is 0 Å². The summed E-state index contributed by atoms with van der Waals surface area (Å²) in [7, 11) is 3.41. The molecule has 0 saturated carbocycles. The number of anilines is 2. The van der Waals surface area contributed by atoms with Crippen LogP contribution < -0.4 is 20.1 Å². The summed E-state index contributed by atoms with van der Waals surface area (Å²) >= 11 is 0. The number of hydrogen-bond donors (Lipinski definition) is 3. The predicted molar refractivity (Wildman–Crippen MR) is 282 cm³/mol. The molecular formula is C57H80N8O6. The van der Waals surface area contributed by atoms with Crippen LogP contribution in [0.3, 0.4) is 0 Å². The van der Waals surface area contributed by atoms with Crippen molar-refractivity contribution >= 4 is 33.7 Å². The number of nitrogen functional groups attached to an aromatic ring is 1. The van der Waals surface area contributed by atoms with E-state index in [-0.39, 0.29) is 18.6 Å². The molecule has 2 aromatic carbocycles. The highest BCUT2D eigenvalue weighted by atomic mass is 16.7. The number of hydrogen-bond acceptors (Lipinski definition) is 12. The van der Waals surface area contributed by atoms with Crippen molar-refractivity contribution in [3.05, 3.63) is 93.8 Å². The molecule has 4 N–H and O–H groups in total. The zero-order chi connectivity index (χ0) is 50.3. The summed E-state index contributed by atoms with van der Waals surface area (Å²) in [5.74, 6) is 4.74. The van der Waals surface area contributed by atoms with Gasteiger partial charge in [0.05, 0.1) is 51.7 Å². The molecule has 384 valence electrons. The van der Waals surface area contributed by atoms with Crippen molar-refractivity contribution in [2.45, 2.75) is 163 Å². The number of methoxy groups -OCH3 is 2. The predicted octanol–water partition coefficient (Wildman–Crippen LogP) is 9.89. The van der Waals surface area contributed by atoms with Crippen molar-refractivity contribution in [2.75, 3.05) is 51.3 Å². The normalized spacial score (nSPS) is 16.3. The van der Waals surface area contributed by atoms with E-state index in [4.69, 9.17) is 39.6 Å². The average Bonchev–Trinajstić information content (AvgIpc) is 3.94. The van der Waals surface area contributed by atoms with Crippen LogP contribution in [0.4, 0.5) is 11.6 Å². The summed E-state index contributed by atoms with van der Waals surface area (Å²) < 4.78 is 28.0. The van der Waals surface area contributed by atoms with E-state index < -0.39 is 11.2 Å². The minimum Gasteiger partial charge on any atom is -0.497 e. The lowest BCUT2D eigenvalue weighted by atomic mass is 9.90. The fourth-order valence-corrected chi connectivity index (χ4v) is 10.4. The number of pyridine rings is 2. The molecule has 0 atom stereocenters. The number of ether oxygens (including phenoxy) is 4. The van der Waals surface area contributed by atoms with Crippen LogP contribution in [0, 0.1) is 10.8 Å². The Morgan fingerprint density at radius 1 is 0.676 bits per heavy atom. The highest BCUT2D eigenvalue weighted by Gasteiger charge is 2.39. The molecule has 9 rings (SSSR count). The van der Waals surface area contributed by atoms with Crippen LogP contribution in [0.25, 0.3) is 22.1 Å². The summed E-state index contributed by atoms with van der Waals surface area (Å²) in [4.78, 5) is 22.8. The third-order valence-corrected chi connectivity index (χ3v) is 14.7. The van der Waals surface area contributed by atoms with Gasteiger partial charge in [0.1, 0.15) is 34.2 Å².